The van der Waals surface area contributed by atoms with E-state index in [0.29, 0.717) is 16.7 Å². The molecular weight excluding hydrogens is 256 g/mol. The van der Waals surface area contributed by atoms with E-state index in [1.54, 1.807) is 30.5 Å². The third-order valence-electron chi connectivity index (χ3n) is 2.92. The number of hydrogen-bond donors (Lipinski definition) is 1. The number of hydrogen-bond acceptors (Lipinski definition) is 4. The van der Waals surface area contributed by atoms with Crippen LogP contribution in [0.5, 0.6) is 0 Å². The van der Waals surface area contributed by atoms with Crippen molar-refractivity contribution in [2.45, 2.75) is 0 Å². The van der Waals surface area contributed by atoms with E-state index >= 15 is 0 Å². The molecule has 0 unspecified atom stereocenters. The number of nitrogens with zero attached hydrogens (tertiary/aromatic N) is 4. The van der Waals surface area contributed by atoms with E-state index in [4.69, 9.17) is 5.26 Å². The molecule has 0 amide bonds. The fraction of sp³-hybridized carbons (Fsp3) is 0. The standard InChI is InChI=1S/C14H8N4O2/c15-8-13-16-5-6-18(13)12-7-10(14(19)20)9-3-1-2-4-11(9)17-12/h1-7H,(H,19,20). The molecule has 0 atom stereocenters. The molecule has 1 aromatic carbocycles. The molecule has 0 aliphatic rings. The summed E-state index contributed by atoms with van der Waals surface area (Å²) < 4.78 is 1.46. The predicted molar refractivity (Wildman–Crippen MR) is 70.5 cm³/mol. The van der Waals surface area contributed by atoms with E-state index < -0.39 is 5.97 Å². The van der Waals surface area contributed by atoms with Gasteiger partial charge in [-0.15, -0.1) is 0 Å². The molecule has 0 fully saturated rings. The smallest absolute Gasteiger partial charge is 0.336 e. The largest absolute Gasteiger partial charge is 0.478 e. The fourth-order valence-corrected chi connectivity index (χ4v) is 2.03. The third-order valence-corrected chi connectivity index (χ3v) is 2.92. The van der Waals surface area contributed by atoms with E-state index in [2.05, 4.69) is 9.97 Å². The van der Waals surface area contributed by atoms with Gasteiger partial charge in [-0.3, -0.25) is 4.57 Å². The Balaban J connectivity index is 2.34. The minimum Gasteiger partial charge on any atom is -0.478 e. The van der Waals surface area contributed by atoms with E-state index in [-0.39, 0.29) is 11.4 Å². The average molecular weight is 264 g/mol. The molecule has 0 aliphatic carbocycles. The molecule has 2 heterocycles. The maximum atomic E-state index is 11.4. The molecular formula is C14H8N4O2. The van der Waals surface area contributed by atoms with Crippen molar-refractivity contribution in [2.75, 3.05) is 0 Å². The van der Waals surface area contributed by atoms with Crippen molar-refractivity contribution < 1.29 is 9.90 Å². The molecule has 1 N–H and O–H groups in total. The highest BCUT2D eigenvalue weighted by molar-refractivity contribution is 6.03. The first-order valence-electron chi connectivity index (χ1n) is 5.77. The van der Waals surface area contributed by atoms with Crippen molar-refractivity contribution in [1.82, 2.24) is 14.5 Å². The summed E-state index contributed by atoms with van der Waals surface area (Å²) in [5.41, 5.74) is 0.697. The van der Waals surface area contributed by atoms with E-state index in [1.165, 1.54) is 16.8 Å². The lowest BCUT2D eigenvalue weighted by Crippen LogP contribution is -2.05. The van der Waals surface area contributed by atoms with Crippen LogP contribution in [0.2, 0.25) is 0 Å². The molecule has 2 aromatic heterocycles. The number of carboxylic acids is 1. The molecule has 0 bridgehead atoms. The molecule has 0 spiro atoms. The molecule has 6 nitrogen and oxygen atoms in total. The third kappa shape index (κ3) is 1.78. The number of fused-ring (bicyclic) bond motifs is 1. The Kier molecular flexibility index (Phi) is 2.66. The summed E-state index contributed by atoms with van der Waals surface area (Å²) in [6.07, 6.45) is 3.04. The number of pyridine rings is 1. The van der Waals surface area contributed by atoms with Crippen LogP contribution >= 0.6 is 0 Å². The number of aromatic carboxylic acids is 1. The summed E-state index contributed by atoms with van der Waals surface area (Å²) in [7, 11) is 0. The van der Waals surface area contributed by atoms with Crippen molar-refractivity contribution in [2.24, 2.45) is 0 Å². The Labute approximate surface area is 113 Å². The zero-order valence-corrected chi connectivity index (χ0v) is 10.2. The van der Waals surface area contributed by atoms with Crippen LogP contribution in [0.25, 0.3) is 16.7 Å². The first kappa shape index (κ1) is 11.9. The zero-order chi connectivity index (χ0) is 14.1. The minimum absolute atomic E-state index is 0.142. The van der Waals surface area contributed by atoms with Crippen LogP contribution < -0.4 is 0 Å². The number of carbonyl (C=O) groups is 1. The van der Waals surface area contributed by atoms with Crippen LogP contribution in [0.3, 0.4) is 0 Å². The predicted octanol–water partition coefficient (Wildman–Crippen LogP) is 1.99. The Morgan fingerprint density at radius 1 is 1.35 bits per heavy atom. The highest BCUT2D eigenvalue weighted by atomic mass is 16.4. The second-order valence-corrected chi connectivity index (χ2v) is 4.08. The van der Waals surface area contributed by atoms with E-state index in [1.807, 2.05) is 6.07 Å². The van der Waals surface area contributed by atoms with E-state index in [0.717, 1.165) is 0 Å². The van der Waals surface area contributed by atoms with Crippen LogP contribution in [0.4, 0.5) is 0 Å². The van der Waals surface area contributed by atoms with Gasteiger partial charge in [0, 0.05) is 17.8 Å². The maximum absolute atomic E-state index is 11.4. The molecule has 0 radical (unpaired) electrons. The molecule has 0 aliphatic heterocycles. The number of imidazole rings is 1. The lowest BCUT2D eigenvalue weighted by atomic mass is 10.1. The lowest BCUT2D eigenvalue weighted by Gasteiger charge is -2.07. The van der Waals surface area contributed by atoms with E-state index in [9.17, 15) is 9.90 Å². The highest BCUT2D eigenvalue weighted by Gasteiger charge is 2.14. The van der Waals surface area contributed by atoms with Gasteiger partial charge in [-0.1, -0.05) is 18.2 Å². The number of carboxylic acid groups (broad SMARTS) is 1. The van der Waals surface area contributed by atoms with Crippen molar-refractivity contribution in [3.05, 3.63) is 54.1 Å². The quantitative estimate of drug-likeness (QED) is 0.764. The number of para-hydroxylation sites is 1. The normalized spacial score (nSPS) is 10.3. The average Bonchev–Trinajstić information content (AvgIpc) is 2.94. The molecule has 0 saturated carbocycles. The number of benzene rings is 1. The summed E-state index contributed by atoms with van der Waals surface area (Å²) in [5, 5.41) is 18.9. The SMILES string of the molecule is N#Cc1nccn1-c1cc(C(=O)O)c2ccccc2n1. The van der Waals surface area contributed by atoms with Gasteiger partial charge in [0.1, 0.15) is 11.9 Å². The van der Waals surface area contributed by atoms with Crippen molar-refractivity contribution >= 4 is 16.9 Å². The maximum Gasteiger partial charge on any atom is 0.336 e. The van der Waals surface area contributed by atoms with Crippen LogP contribution in [0, 0.1) is 11.3 Å². The fourth-order valence-electron chi connectivity index (χ4n) is 2.03. The summed E-state index contributed by atoms with van der Waals surface area (Å²) >= 11 is 0. The van der Waals surface area contributed by atoms with Gasteiger partial charge in [-0.05, 0) is 12.1 Å². The van der Waals surface area contributed by atoms with Gasteiger partial charge >= 0.3 is 5.97 Å². The monoisotopic (exact) mass is 264 g/mol. The van der Waals surface area contributed by atoms with Gasteiger partial charge in [-0.2, -0.15) is 5.26 Å². The summed E-state index contributed by atoms with van der Waals surface area (Å²) in [4.78, 5) is 19.6. The van der Waals surface area contributed by atoms with Gasteiger partial charge in [0.15, 0.2) is 0 Å². The van der Waals surface area contributed by atoms with Gasteiger partial charge < -0.3 is 5.11 Å². The number of aromatic nitrogens is 3. The number of rotatable bonds is 2. The molecule has 0 saturated heterocycles. The molecule has 3 aromatic rings. The van der Waals surface area contributed by atoms with Gasteiger partial charge in [0.05, 0.1) is 11.1 Å². The van der Waals surface area contributed by atoms with Crippen LogP contribution in [-0.2, 0) is 0 Å². The lowest BCUT2D eigenvalue weighted by molar-refractivity contribution is 0.0699. The Bertz CT molecular complexity index is 861. The van der Waals surface area contributed by atoms with Gasteiger partial charge in [0.25, 0.3) is 0 Å². The van der Waals surface area contributed by atoms with Crippen molar-refractivity contribution in [3.63, 3.8) is 0 Å². The second-order valence-electron chi connectivity index (χ2n) is 4.08. The Morgan fingerprint density at radius 2 is 2.15 bits per heavy atom. The summed E-state index contributed by atoms with van der Waals surface area (Å²) in [6.45, 7) is 0. The zero-order valence-electron chi connectivity index (χ0n) is 10.2. The van der Waals surface area contributed by atoms with Gasteiger partial charge in [0.2, 0.25) is 5.82 Å². The van der Waals surface area contributed by atoms with Crippen LogP contribution in [0.15, 0.2) is 42.7 Å². The summed E-state index contributed by atoms with van der Waals surface area (Å²) in [6, 6.07) is 10.3. The van der Waals surface area contributed by atoms with Crippen molar-refractivity contribution in [3.8, 4) is 11.9 Å². The van der Waals surface area contributed by atoms with Crippen LogP contribution in [-0.4, -0.2) is 25.6 Å². The molecule has 96 valence electrons. The highest BCUT2D eigenvalue weighted by Crippen LogP contribution is 2.20. The second kappa shape index (κ2) is 4.48. The Morgan fingerprint density at radius 3 is 2.90 bits per heavy atom. The Hall–Kier alpha value is -3.20. The molecule has 6 heteroatoms. The number of nitriles is 1. The first-order chi connectivity index (χ1) is 9.70. The summed E-state index contributed by atoms with van der Waals surface area (Å²) in [5.74, 6) is -0.525. The first-order valence-corrected chi connectivity index (χ1v) is 5.77. The minimum atomic E-state index is -1.04. The topological polar surface area (TPSA) is 91.8 Å². The van der Waals surface area contributed by atoms with Gasteiger partial charge in [-0.25, -0.2) is 14.8 Å². The van der Waals surface area contributed by atoms with Crippen molar-refractivity contribution in [1.29, 1.82) is 5.26 Å². The molecule has 3 rings (SSSR count). The van der Waals surface area contributed by atoms with Crippen LogP contribution in [0.1, 0.15) is 16.2 Å². The molecule has 20 heavy (non-hydrogen) atoms.